The molecule has 0 bridgehead atoms. The second-order valence-corrected chi connectivity index (χ2v) is 2.28. The fourth-order valence-electron chi connectivity index (χ4n) is 1.17. The van der Waals surface area contributed by atoms with Crippen LogP contribution in [0.25, 0.3) is 0 Å². The molecule has 2 unspecified atom stereocenters. The Kier molecular flexibility index (Phi) is 1.16. The molecular formula is C8H8O. The Balaban J connectivity index is 2.18. The number of fused-ring (bicyclic) bond motifs is 1. The Morgan fingerprint density at radius 1 is 1.33 bits per heavy atom. The van der Waals surface area contributed by atoms with Crippen molar-refractivity contribution in [1.82, 2.24) is 0 Å². The number of hydrogen-bond donors (Lipinski definition) is 0. The average Bonchev–Trinajstić information content (AvgIpc) is 2.33. The van der Waals surface area contributed by atoms with E-state index in [0.717, 1.165) is 0 Å². The molecular weight excluding hydrogens is 112 g/mol. The van der Waals surface area contributed by atoms with E-state index < -0.39 is 0 Å². The van der Waals surface area contributed by atoms with Crippen molar-refractivity contribution in [1.29, 1.82) is 0 Å². The Hall–Kier alpha value is -0.560. The number of hydrogen-bond acceptors (Lipinski definition) is 1. The summed E-state index contributed by atoms with van der Waals surface area (Å²) in [6, 6.07) is 0. The summed E-state index contributed by atoms with van der Waals surface area (Å²) in [6.45, 7) is 0.685. The van der Waals surface area contributed by atoms with Crippen molar-refractivity contribution >= 4 is 0 Å². The molecule has 0 amide bonds. The van der Waals surface area contributed by atoms with Gasteiger partial charge in [-0.05, 0) is 0 Å². The number of allylic oxidation sites excluding steroid dienone is 2. The zero-order valence-electron chi connectivity index (χ0n) is 5.08. The van der Waals surface area contributed by atoms with E-state index in [0.29, 0.717) is 12.5 Å². The van der Waals surface area contributed by atoms with Crippen LogP contribution in [0.15, 0.2) is 24.3 Å². The van der Waals surface area contributed by atoms with Crippen LogP contribution in [0, 0.1) is 12.3 Å². The lowest BCUT2D eigenvalue weighted by Gasteiger charge is -2.11. The maximum atomic E-state index is 5.31. The highest BCUT2D eigenvalue weighted by atomic mass is 16.5. The smallest absolute Gasteiger partial charge is 0.0828 e. The Bertz CT molecular complexity index is 140. The SMILES string of the molecule is [C]1COC2C=CC=CC12. The highest BCUT2D eigenvalue weighted by Gasteiger charge is 2.25. The third-order valence-electron chi connectivity index (χ3n) is 1.68. The normalized spacial score (nSPS) is 39.1. The van der Waals surface area contributed by atoms with Crippen LogP contribution < -0.4 is 0 Å². The summed E-state index contributed by atoms with van der Waals surface area (Å²) in [5.74, 6) is 0.426. The van der Waals surface area contributed by atoms with Gasteiger partial charge in [-0.2, -0.15) is 0 Å². The highest BCUT2D eigenvalue weighted by molar-refractivity contribution is 5.20. The van der Waals surface area contributed by atoms with Crippen LogP contribution in [0.5, 0.6) is 0 Å². The van der Waals surface area contributed by atoms with Crippen molar-refractivity contribution in [2.24, 2.45) is 5.92 Å². The minimum absolute atomic E-state index is 0.287. The van der Waals surface area contributed by atoms with Gasteiger partial charge in [-0.15, -0.1) is 0 Å². The summed E-state index contributed by atoms with van der Waals surface area (Å²) in [6.07, 6.45) is 11.7. The van der Waals surface area contributed by atoms with Crippen molar-refractivity contribution in [3.63, 3.8) is 0 Å². The van der Waals surface area contributed by atoms with E-state index in [2.05, 4.69) is 18.6 Å². The Morgan fingerprint density at radius 3 is 3.11 bits per heavy atom. The second kappa shape index (κ2) is 1.99. The van der Waals surface area contributed by atoms with Crippen LogP contribution in [-0.2, 0) is 4.74 Å². The number of rotatable bonds is 0. The van der Waals surface area contributed by atoms with Crippen molar-refractivity contribution in [2.75, 3.05) is 6.61 Å². The first-order valence-electron chi connectivity index (χ1n) is 3.17. The highest BCUT2D eigenvalue weighted by Crippen LogP contribution is 2.24. The molecule has 2 aliphatic rings. The molecule has 1 nitrogen and oxygen atoms in total. The Labute approximate surface area is 55.0 Å². The first kappa shape index (κ1) is 5.24. The second-order valence-electron chi connectivity index (χ2n) is 2.28. The topological polar surface area (TPSA) is 9.23 Å². The molecule has 0 saturated carbocycles. The summed E-state index contributed by atoms with van der Waals surface area (Å²) >= 11 is 0. The van der Waals surface area contributed by atoms with Crippen LogP contribution in [0.4, 0.5) is 0 Å². The predicted octanol–water partition coefficient (Wildman–Crippen LogP) is 1.21. The molecule has 1 aliphatic heterocycles. The van der Waals surface area contributed by atoms with Gasteiger partial charge in [-0.25, -0.2) is 0 Å². The lowest BCUT2D eigenvalue weighted by Crippen LogP contribution is -2.12. The van der Waals surface area contributed by atoms with E-state index in [9.17, 15) is 0 Å². The number of ether oxygens (including phenoxy) is 1. The first-order valence-corrected chi connectivity index (χ1v) is 3.17. The van der Waals surface area contributed by atoms with Crippen molar-refractivity contribution in [3.05, 3.63) is 30.7 Å². The summed E-state index contributed by atoms with van der Waals surface area (Å²) in [4.78, 5) is 0. The fraction of sp³-hybridized carbons (Fsp3) is 0.375. The van der Waals surface area contributed by atoms with Gasteiger partial charge in [0.15, 0.2) is 0 Å². The van der Waals surface area contributed by atoms with Gasteiger partial charge in [0.2, 0.25) is 0 Å². The van der Waals surface area contributed by atoms with Gasteiger partial charge >= 0.3 is 0 Å². The molecule has 0 N–H and O–H groups in total. The predicted molar refractivity (Wildman–Crippen MR) is 34.8 cm³/mol. The molecule has 0 aromatic carbocycles. The van der Waals surface area contributed by atoms with Crippen LogP contribution in [0.1, 0.15) is 0 Å². The van der Waals surface area contributed by atoms with Crippen LogP contribution in [0.3, 0.4) is 0 Å². The molecule has 2 radical (unpaired) electrons. The third-order valence-corrected chi connectivity index (χ3v) is 1.68. The van der Waals surface area contributed by atoms with Crippen LogP contribution >= 0.6 is 0 Å². The van der Waals surface area contributed by atoms with E-state index in [1.165, 1.54) is 0 Å². The third kappa shape index (κ3) is 0.815. The lowest BCUT2D eigenvalue weighted by atomic mass is 9.97. The van der Waals surface area contributed by atoms with Crippen molar-refractivity contribution < 1.29 is 4.74 Å². The van der Waals surface area contributed by atoms with Crippen LogP contribution in [0.2, 0.25) is 0 Å². The maximum Gasteiger partial charge on any atom is 0.0828 e. The fourth-order valence-corrected chi connectivity index (χ4v) is 1.17. The van der Waals surface area contributed by atoms with E-state index in [1.807, 2.05) is 12.2 Å². The molecule has 2 atom stereocenters. The van der Waals surface area contributed by atoms with Gasteiger partial charge in [0.25, 0.3) is 0 Å². The van der Waals surface area contributed by atoms with Gasteiger partial charge in [0.1, 0.15) is 0 Å². The molecule has 0 aromatic heterocycles. The molecule has 9 heavy (non-hydrogen) atoms. The zero-order chi connectivity index (χ0) is 6.10. The first-order chi connectivity index (χ1) is 4.47. The van der Waals surface area contributed by atoms with Crippen molar-refractivity contribution in [3.8, 4) is 0 Å². The molecule has 0 spiro atoms. The summed E-state index contributed by atoms with van der Waals surface area (Å²) < 4.78 is 5.31. The molecule has 1 heteroatoms. The minimum Gasteiger partial charge on any atom is -0.373 e. The largest absolute Gasteiger partial charge is 0.373 e. The van der Waals surface area contributed by atoms with Crippen LogP contribution in [-0.4, -0.2) is 12.7 Å². The summed E-state index contributed by atoms with van der Waals surface area (Å²) in [5, 5.41) is 0. The van der Waals surface area contributed by atoms with Gasteiger partial charge in [-0.3, -0.25) is 0 Å². The van der Waals surface area contributed by atoms with Crippen molar-refractivity contribution in [2.45, 2.75) is 6.10 Å². The van der Waals surface area contributed by atoms with E-state index in [4.69, 9.17) is 4.74 Å². The van der Waals surface area contributed by atoms with Gasteiger partial charge in [-0.1, -0.05) is 24.3 Å². The molecule has 1 saturated heterocycles. The minimum atomic E-state index is 0.287. The maximum absolute atomic E-state index is 5.31. The van der Waals surface area contributed by atoms with Gasteiger partial charge in [0.05, 0.1) is 12.7 Å². The molecule has 46 valence electrons. The van der Waals surface area contributed by atoms with Gasteiger partial charge in [0, 0.05) is 12.3 Å². The van der Waals surface area contributed by atoms with E-state index >= 15 is 0 Å². The van der Waals surface area contributed by atoms with Gasteiger partial charge < -0.3 is 4.74 Å². The lowest BCUT2D eigenvalue weighted by molar-refractivity contribution is 0.136. The van der Waals surface area contributed by atoms with E-state index in [1.54, 1.807) is 0 Å². The monoisotopic (exact) mass is 120 g/mol. The standard InChI is InChI=1S/C8H8O/c1-2-4-8-7(3-1)5-6-9-8/h1-4,7-8H,6H2. The Morgan fingerprint density at radius 2 is 2.22 bits per heavy atom. The molecule has 1 fully saturated rings. The quantitative estimate of drug-likeness (QED) is 0.467. The summed E-state index contributed by atoms with van der Waals surface area (Å²) in [7, 11) is 0. The zero-order valence-corrected chi connectivity index (χ0v) is 5.08. The van der Waals surface area contributed by atoms with E-state index in [-0.39, 0.29) is 6.10 Å². The molecule has 0 aromatic rings. The average molecular weight is 120 g/mol. The molecule has 1 aliphatic carbocycles. The molecule has 2 rings (SSSR count). The molecule has 1 heterocycles. The summed E-state index contributed by atoms with van der Waals surface area (Å²) in [5.41, 5.74) is 0.